The molecule has 1 aromatic carbocycles. The van der Waals surface area contributed by atoms with Crippen LogP contribution in [-0.2, 0) is 4.79 Å². The highest BCUT2D eigenvalue weighted by atomic mass is 32.2. The second-order valence-electron chi connectivity index (χ2n) is 5.25. The average molecular weight is 287 g/mol. The summed E-state index contributed by atoms with van der Waals surface area (Å²) in [5, 5.41) is 10.00. The minimum absolute atomic E-state index is 0.0178. The van der Waals surface area contributed by atoms with Gasteiger partial charge in [0.25, 0.3) is 0 Å². The Kier molecular flexibility index (Phi) is 3.53. The van der Waals surface area contributed by atoms with E-state index in [4.69, 9.17) is 0 Å². The lowest BCUT2D eigenvalue weighted by Gasteiger charge is -2.09. The molecule has 20 heavy (non-hydrogen) atoms. The van der Waals surface area contributed by atoms with Gasteiger partial charge in [0.15, 0.2) is 5.82 Å². The number of carbonyl (C=O) groups is 1. The number of amides is 1. The Labute approximate surface area is 122 Å². The monoisotopic (exact) mass is 287 g/mol. The van der Waals surface area contributed by atoms with Crippen molar-refractivity contribution in [3.8, 4) is 0 Å². The van der Waals surface area contributed by atoms with Gasteiger partial charge in [0.05, 0.1) is 5.92 Å². The van der Waals surface area contributed by atoms with Crippen LogP contribution in [0.25, 0.3) is 0 Å². The zero-order chi connectivity index (χ0) is 14.1. The summed E-state index contributed by atoms with van der Waals surface area (Å²) < 4.78 is 0. The lowest BCUT2D eigenvalue weighted by molar-refractivity contribution is -0.117. The largest absolute Gasteiger partial charge is 0.309 e. The summed E-state index contributed by atoms with van der Waals surface area (Å²) in [6.07, 6.45) is 0. The van der Waals surface area contributed by atoms with Crippen molar-refractivity contribution in [3.05, 3.63) is 41.6 Å². The first-order chi connectivity index (χ1) is 9.65. The summed E-state index contributed by atoms with van der Waals surface area (Å²) in [7, 11) is 0. The first kappa shape index (κ1) is 13.2. The van der Waals surface area contributed by atoms with Gasteiger partial charge in [0, 0.05) is 22.4 Å². The summed E-state index contributed by atoms with van der Waals surface area (Å²) >= 11 is 1.74. The van der Waals surface area contributed by atoms with Gasteiger partial charge in [0.1, 0.15) is 0 Å². The standard InChI is InChI=1S/C15H17N3OS/c1-9(2)12-7-14(18-17-12)16-15(19)11-8-20-13-6-4-3-5-10(11)13/h3-7,9,11H,8H2,1-2H3,(H2,16,17,18,19). The van der Waals surface area contributed by atoms with Crippen LogP contribution in [0, 0.1) is 0 Å². The van der Waals surface area contributed by atoms with E-state index in [1.807, 2.05) is 24.3 Å². The Morgan fingerprint density at radius 3 is 3.00 bits per heavy atom. The van der Waals surface area contributed by atoms with Gasteiger partial charge in [-0.05, 0) is 17.5 Å². The molecule has 2 N–H and O–H groups in total. The van der Waals surface area contributed by atoms with E-state index in [1.165, 1.54) is 4.90 Å². The number of H-pyrrole nitrogens is 1. The molecule has 0 spiro atoms. The molecule has 4 nitrogen and oxygen atoms in total. The molecule has 104 valence electrons. The number of benzene rings is 1. The molecule has 0 aliphatic carbocycles. The summed E-state index contributed by atoms with van der Waals surface area (Å²) in [4.78, 5) is 13.6. The molecular formula is C15H17N3OS. The first-order valence-corrected chi connectivity index (χ1v) is 7.71. The van der Waals surface area contributed by atoms with Gasteiger partial charge >= 0.3 is 0 Å². The number of hydrogen-bond acceptors (Lipinski definition) is 3. The molecule has 1 aliphatic heterocycles. The number of thioether (sulfide) groups is 1. The Morgan fingerprint density at radius 1 is 1.45 bits per heavy atom. The van der Waals surface area contributed by atoms with E-state index in [0.29, 0.717) is 11.7 Å². The van der Waals surface area contributed by atoms with Crippen LogP contribution in [0.15, 0.2) is 35.2 Å². The third-order valence-electron chi connectivity index (χ3n) is 3.49. The van der Waals surface area contributed by atoms with Crippen LogP contribution in [0.3, 0.4) is 0 Å². The van der Waals surface area contributed by atoms with Crippen LogP contribution in [-0.4, -0.2) is 21.9 Å². The van der Waals surface area contributed by atoms with Crippen LogP contribution >= 0.6 is 11.8 Å². The summed E-state index contributed by atoms with van der Waals surface area (Å²) in [6, 6.07) is 9.99. The maximum Gasteiger partial charge on any atom is 0.234 e. The van der Waals surface area contributed by atoms with Gasteiger partial charge in [-0.15, -0.1) is 11.8 Å². The van der Waals surface area contributed by atoms with E-state index >= 15 is 0 Å². The number of nitrogens with one attached hydrogen (secondary N) is 2. The smallest absolute Gasteiger partial charge is 0.234 e. The van der Waals surface area contributed by atoms with E-state index in [-0.39, 0.29) is 11.8 Å². The lowest BCUT2D eigenvalue weighted by atomic mass is 10.0. The van der Waals surface area contributed by atoms with E-state index in [9.17, 15) is 4.79 Å². The van der Waals surface area contributed by atoms with Crippen molar-refractivity contribution in [3.63, 3.8) is 0 Å². The van der Waals surface area contributed by atoms with E-state index in [1.54, 1.807) is 11.8 Å². The summed E-state index contributed by atoms with van der Waals surface area (Å²) in [5.41, 5.74) is 2.15. The number of rotatable bonds is 3. The van der Waals surface area contributed by atoms with Gasteiger partial charge in [-0.2, -0.15) is 5.10 Å². The van der Waals surface area contributed by atoms with Gasteiger partial charge in [-0.1, -0.05) is 32.0 Å². The molecule has 0 saturated carbocycles. The van der Waals surface area contributed by atoms with E-state index in [2.05, 4.69) is 35.4 Å². The van der Waals surface area contributed by atoms with Gasteiger partial charge in [-0.25, -0.2) is 0 Å². The number of carbonyl (C=O) groups excluding carboxylic acids is 1. The maximum atomic E-state index is 12.4. The molecule has 3 rings (SSSR count). The van der Waals surface area contributed by atoms with Gasteiger partial charge < -0.3 is 5.32 Å². The number of nitrogens with zero attached hydrogens (tertiary/aromatic N) is 1. The SMILES string of the molecule is CC(C)c1cc(NC(=O)C2CSc3ccccc32)n[nH]1. The van der Waals surface area contributed by atoms with Crippen molar-refractivity contribution in [1.82, 2.24) is 10.2 Å². The number of aromatic nitrogens is 2. The van der Waals surface area contributed by atoms with Gasteiger partial charge in [0.2, 0.25) is 5.91 Å². The summed E-state index contributed by atoms with van der Waals surface area (Å²) in [6.45, 7) is 4.17. The second-order valence-corrected chi connectivity index (χ2v) is 6.32. The van der Waals surface area contributed by atoms with Gasteiger partial charge in [-0.3, -0.25) is 9.89 Å². The molecule has 1 unspecified atom stereocenters. The summed E-state index contributed by atoms with van der Waals surface area (Å²) in [5.74, 6) is 1.70. The fourth-order valence-corrected chi connectivity index (χ4v) is 3.52. The Hall–Kier alpha value is -1.75. The number of fused-ring (bicyclic) bond motifs is 1. The van der Waals surface area contributed by atoms with Crippen molar-refractivity contribution in [2.45, 2.75) is 30.6 Å². The zero-order valence-corrected chi connectivity index (χ0v) is 12.3. The minimum Gasteiger partial charge on any atom is -0.309 e. The number of aromatic amines is 1. The third kappa shape index (κ3) is 2.45. The molecule has 2 aromatic rings. The predicted octanol–water partition coefficient (Wildman–Crippen LogP) is 3.36. The minimum atomic E-state index is -0.0876. The van der Waals surface area contributed by atoms with Crippen molar-refractivity contribution >= 4 is 23.5 Å². The fraction of sp³-hybridized carbons (Fsp3) is 0.333. The molecule has 0 radical (unpaired) electrons. The molecule has 0 saturated heterocycles. The Morgan fingerprint density at radius 2 is 2.25 bits per heavy atom. The van der Waals surface area contributed by atoms with E-state index in [0.717, 1.165) is 17.0 Å². The fourth-order valence-electron chi connectivity index (χ4n) is 2.29. The quantitative estimate of drug-likeness (QED) is 0.910. The van der Waals surface area contributed by atoms with Crippen LogP contribution in [0.4, 0.5) is 5.82 Å². The molecule has 1 atom stereocenters. The highest BCUT2D eigenvalue weighted by Crippen LogP contribution is 2.39. The van der Waals surface area contributed by atoms with Crippen molar-refractivity contribution < 1.29 is 4.79 Å². The third-order valence-corrected chi connectivity index (χ3v) is 4.67. The molecule has 5 heteroatoms. The molecule has 1 aliphatic rings. The van der Waals surface area contributed by atoms with Crippen molar-refractivity contribution in [2.24, 2.45) is 0 Å². The number of anilines is 1. The topological polar surface area (TPSA) is 57.8 Å². The van der Waals surface area contributed by atoms with Crippen LogP contribution in [0.1, 0.15) is 36.9 Å². The lowest BCUT2D eigenvalue weighted by Crippen LogP contribution is -2.21. The number of hydrogen-bond donors (Lipinski definition) is 2. The highest BCUT2D eigenvalue weighted by Gasteiger charge is 2.29. The average Bonchev–Trinajstić information content (AvgIpc) is 3.04. The van der Waals surface area contributed by atoms with Crippen LogP contribution in [0.2, 0.25) is 0 Å². The van der Waals surface area contributed by atoms with Crippen molar-refractivity contribution in [2.75, 3.05) is 11.1 Å². The van der Waals surface area contributed by atoms with Crippen LogP contribution in [0.5, 0.6) is 0 Å². The molecule has 0 bridgehead atoms. The van der Waals surface area contributed by atoms with E-state index < -0.39 is 0 Å². The molecule has 2 heterocycles. The Balaban J connectivity index is 1.74. The zero-order valence-electron chi connectivity index (χ0n) is 11.5. The normalized spacial score (nSPS) is 17.2. The molecule has 0 fully saturated rings. The second kappa shape index (κ2) is 5.32. The molecular weight excluding hydrogens is 270 g/mol. The molecule has 1 aromatic heterocycles. The highest BCUT2D eigenvalue weighted by molar-refractivity contribution is 7.99. The maximum absolute atomic E-state index is 12.4. The first-order valence-electron chi connectivity index (χ1n) is 6.73. The molecule has 1 amide bonds. The Bertz CT molecular complexity index is 636. The predicted molar refractivity (Wildman–Crippen MR) is 81.2 cm³/mol. The van der Waals surface area contributed by atoms with Crippen LogP contribution < -0.4 is 5.32 Å². The van der Waals surface area contributed by atoms with Crippen molar-refractivity contribution in [1.29, 1.82) is 0 Å².